The average molecular weight is 271 g/mol. The Morgan fingerprint density at radius 3 is 2.42 bits per heavy atom. The van der Waals surface area contributed by atoms with Crippen LogP contribution in [0.3, 0.4) is 0 Å². The second-order valence-corrected chi connectivity index (χ2v) is 6.01. The van der Waals surface area contributed by atoms with Gasteiger partial charge in [-0.25, -0.2) is 9.59 Å². The fourth-order valence-corrected chi connectivity index (χ4v) is 2.64. The smallest absolute Gasteiger partial charge is 0.411 e. The zero-order chi connectivity index (χ0) is 14.7. The van der Waals surface area contributed by atoms with E-state index in [2.05, 4.69) is 0 Å². The number of amides is 1. The summed E-state index contributed by atoms with van der Waals surface area (Å²) < 4.78 is 10.3. The van der Waals surface area contributed by atoms with Crippen molar-refractivity contribution in [3.05, 3.63) is 0 Å². The van der Waals surface area contributed by atoms with Crippen molar-refractivity contribution in [2.45, 2.75) is 64.5 Å². The number of esters is 1. The minimum Gasteiger partial charge on any atom is -0.467 e. The van der Waals surface area contributed by atoms with Gasteiger partial charge in [-0.15, -0.1) is 0 Å². The lowest BCUT2D eigenvalue weighted by molar-refractivity contribution is -0.153. The van der Waals surface area contributed by atoms with Crippen molar-refractivity contribution in [2.75, 3.05) is 13.7 Å². The van der Waals surface area contributed by atoms with E-state index in [9.17, 15) is 9.59 Å². The Hall–Kier alpha value is -1.26. The third-order valence-electron chi connectivity index (χ3n) is 3.33. The van der Waals surface area contributed by atoms with Gasteiger partial charge >= 0.3 is 12.1 Å². The summed E-state index contributed by atoms with van der Waals surface area (Å²) in [5, 5.41) is 0. The van der Waals surface area contributed by atoms with Crippen molar-refractivity contribution < 1.29 is 19.1 Å². The molecule has 0 aliphatic carbocycles. The molecule has 0 radical (unpaired) electrons. The number of carbonyl (C=O) groups excluding carboxylic acids is 2. The number of methoxy groups -OCH3 is 1. The lowest BCUT2D eigenvalue weighted by Crippen LogP contribution is -2.54. The minimum absolute atomic E-state index is 0.335. The summed E-state index contributed by atoms with van der Waals surface area (Å²) in [6, 6.07) is 0. The zero-order valence-corrected chi connectivity index (χ0v) is 12.6. The molecule has 1 amide bonds. The number of hydrogen-bond donors (Lipinski definition) is 0. The van der Waals surface area contributed by atoms with Gasteiger partial charge in [-0.05, 0) is 40.0 Å². The molecular weight excluding hydrogens is 246 g/mol. The first-order valence-electron chi connectivity index (χ1n) is 6.86. The van der Waals surface area contributed by atoms with Gasteiger partial charge in [0.2, 0.25) is 0 Å². The highest BCUT2D eigenvalue weighted by atomic mass is 16.6. The molecule has 1 saturated heterocycles. The summed E-state index contributed by atoms with van der Waals surface area (Å²) in [6.07, 6.45) is 2.44. The fourth-order valence-electron chi connectivity index (χ4n) is 2.64. The third kappa shape index (κ3) is 3.39. The highest BCUT2D eigenvalue weighted by Crippen LogP contribution is 2.36. The van der Waals surface area contributed by atoms with Gasteiger partial charge < -0.3 is 9.47 Å². The Morgan fingerprint density at radius 2 is 1.95 bits per heavy atom. The van der Waals surface area contributed by atoms with E-state index in [4.69, 9.17) is 9.47 Å². The lowest BCUT2D eigenvalue weighted by atomic mass is 9.91. The van der Waals surface area contributed by atoms with Gasteiger partial charge in [-0.1, -0.05) is 13.3 Å². The van der Waals surface area contributed by atoms with E-state index in [1.54, 1.807) is 4.90 Å². The number of carbonyl (C=O) groups is 2. The summed E-state index contributed by atoms with van der Waals surface area (Å²) >= 11 is 0. The van der Waals surface area contributed by atoms with Crippen LogP contribution in [0, 0.1) is 0 Å². The van der Waals surface area contributed by atoms with E-state index in [1.165, 1.54) is 7.11 Å². The molecule has 1 atom stereocenters. The van der Waals surface area contributed by atoms with Crippen LogP contribution in [0.25, 0.3) is 0 Å². The van der Waals surface area contributed by atoms with E-state index in [0.717, 1.165) is 12.8 Å². The Kier molecular flexibility index (Phi) is 4.82. The predicted octanol–water partition coefficient (Wildman–Crippen LogP) is 2.73. The van der Waals surface area contributed by atoms with Gasteiger partial charge in [0.25, 0.3) is 0 Å². The normalized spacial score (nSPS) is 23.3. The van der Waals surface area contributed by atoms with Crippen molar-refractivity contribution in [2.24, 2.45) is 0 Å². The Labute approximate surface area is 115 Å². The van der Waals surface area contributed by atoms with Crippen LogP contribution in [0.5, 0.6) is 0 Å². The summed E-state index contributed by atoms with van der Waals surface area (Å²) in [5.41, 5.74) is -1.40. The van der Waals surface area contributed by atoms with Crippen LogP contribution in [-0.2, 0) is 14.3 Å². The van der Waals surface area contributed by atoms with Crippen LogP contribution in [0.15, 0.2) is 0 Å². The molecule has 1 unspecified atom stereocenters. The van der Waals surface area contributed by atoms with Crippen LogP contribution in [0.4, 0.5) is 4.79 Å². The predicted molar refractivity (Wildman–Crippen MR) is 71.8 cm³/mol. The molecule has 0 aromatic heterocycles. The Balaban J connectivity index is 2.96. The monoisotopic (exact) mass is 271 g/mol. The van der Waals surface area contributed by atoms with Crippen LogP contribution in [0.1, 0.15) is 53.4 Å². The van der Waals surface area contributed by atoms with E-state index in [-0.39, 0.29) is 5.97 Å². The molecule has 1 fully saturated rings. The van der Waals surface area contributed by atoms with Crippen molar-refractivity contribution in [3.63, 3.8) is 0 Å². The Morgan fingerprint density at radius 1 is 1.32 bits per heavy atom. The summed E-state index contributed by atoms with van der Waals surface area (Å²) in [7, 11) is 1.37. The van der Waals surface area contributed by atoms with Crippen LogP contribution >= 0.6 is 0 Å². The summed E-state index contributed by atoms with van der Waals surface area (Å²) in [4.78, 5) is 26.0. The number of likely N-dealkylation sites (tertiary alicyclic amines) is 1. The number of nitrogens with zero attached hydrogens (tertiary/aromatic N) is 1. The molecule has 1 heterocycles. The molecule has 5 heteroatoms. The van der Waals surface area contributed by atoms with Crippen LogP contribution in [-0.4, -0.2) is 41.8 Å². The third-order valence-corrected chi connectivity index (χ3v) is 3.33. The van der Waals surface area contributed by atoms with Gasteiger partial charge in [0, 0.05) is 6.54 Å². The molecule has 110 valence electrons. The second-order valence-electron chi connectivity index (χ2n) is 6.01. The highest BCUT2D eigenvalue weighted by molar-refractivity contribution is 5.86. The average Bonchev–Trinajstić information content (AvgIpc) is 2.71. The molecule has 5 nitrogen and oxygen atoms in total. The minimum atomic E-state index is -0.841. The highest BCUT2D eigenvalue weighted by Gasteiger charge is 2.51. The molecule has 0 spiro atoms. The van der Waals surface area contributed by atoms with Crippen molar-refractivity contribution in [1.82, 2.24) is 4.90 Å². The van der Waals surface area contributed by atoms with E-state index in [0.29, 0.717) is 19.4 Å². The maximum absolute atomic E-state index is 12.3. The van der Waals surface area contributed by atoms with Gasteiger partial charge in [-0.3, -0.25) is 4.90 Å². The first-order valence-corrected chi connectivity index (χ1v) is 6.86. The maximum atomic E-state index is 12.3. The topological polar surface area (TPSA) is 55.8 Å². The van der Waals surface area contributed by atoms with Crippen molar-refractivity contribution in [3.8, 4) is 0 Å². The molecule has 0 saturated carbocycles. The maximum Gasteiger partial charge on any atom is 0.411 e. The molecular formula is C14H25NO4. The molecule has 1 aliphatic rings. The molecule has 0 aromatic carbocycles. The molecule has 1 aliphatic heterocycles. The van der Waals surface area contributed by atoms with E-state index >= 15 is 0 Å². The standard InChI is InChI=1S/C14H25NO4/c1-6-8-14(11(16)18-5)9-7-10-15(14)12(17)19-13(2,3)4/h6-10H2,1-5H3. The van der Waals surface area contributed by atoms with Gasteiger partial charge in [-0.2, -0.15) is 0 Å². The molecule has 1 rings (SSSR count). The van der Waals surface area contributed by atoms with E-state index < -0.39 is 17.2 Å². The molecule has 19 heavy (non-hydrogen) atoms. The van der Waals surface area contributed by atoms with Gasteiger partial charge in [0.1, 0.15) is 11.1 Å². The van der Waals surface area contributed by atoms with Crippen molar-refractivity contribution in [1.29, 1.82) is 0 Å². The first kappa shape index (κ1) is 15.8. The van der Waals surface area contributed by atoms with Crippen LogP contribution < -0.4 is 0 Å². The number of ether oxygens (including phenoxy) is 2. The van der Waals surface area contributed by atoms with Crippen LogP contribution in [0.2, 0.25) is 0 Å². The van der Waals surface area contributed by atoms with E-state index in [1.807, 2.05) is 27.7 Å². The quantitative estimate of drug-likeness (QED) is 0.741. The first-order chi connectivity index (χ1) is 8.77. The second kappa shape index (κ2) is 5.80. The SMILES string of the molecule is CCCC1(C(=O)OC)CCCN1C(=O)OC(C)(C)C. The number of rotatable bonds is 3. The summed E-state index contributed by atoms with van der Waals surface area (Å²) in [5.74, 6) is -0.335. The van der Waals surface area contributed by atoms with Gasteiger partial charge in [0.05, 0.1) is 7.11 Å². The molecule has 0 bridgehead atoms. The zero-order valence-electron chi connectivity index (χ0n) is 12.6. The Bertz CT molecular complexity index is 348. The lowest BCUT2D eigenvalue weighted by Gasteiger charge is -2.36. The largest absolute Gasteiger partial charge is 0.467 e. The number of hydrogen-bond acceptors (Lipinski definition) is 4. The molecule has 0 N–H and O–H groups in total. The summed E-state index contributed by atoms with van der Waals surface area (Å²) in [6.45, 7) is 8.00. The van der Waals surface area contributed by atoms with Gasteiger partial charge in [0.15, 0.2) is 0 Å². The van der Waals surface area contributed by atoms with Crippen molar-refractivity contribution >= 4 is 12.1 Å². The fraction of sp³-hybridized carbons (Fsp3) is 0.857. The molecule has 0 aromatic rings.